The average Bonchev–Trinajstić information content (AvgIpc) is 3.46. The van der Waals surface area contributed by atoms with Crippen molar-refractivity contribution in [1.82, 2.24) is 14.7 Å². The molecule has 0 bridgehead atoms. The van der Waals surface area contributed by atoms with Crippen molar-refractivity contribution in [2.45, 2.75) is 31.0 Å². The maximum absolute atomic E-state index is 13.9. The van der Waals surface area contributed by atoms with Crippen molar-refractivity contribution in [2.75, 3.05) is 46.4 Å². The van der Waals surface area contributed by atoms with Gasteiger partial charge in [0.15, 0.2) is 5.83 Å². The van der Waals surface area contributed by atoms with Crippen molar-refractivity contribution >= 4 is 39.8 Å². The van der Waals surface area contributed by atoms with Gasteiger partial charge in [-0.3, -0.25) is 4.79 Å². The molecule has 10 heteroatoms. The molecule has 2 saturated heterocycles. The molecule has 0 radical (unpaired) electrons. The summed E-state index contributed by atoms with van der Waals surface area (Å²) < 4.78 is 20.2. The number of likely N-dealkylation sites (tertiary alicyclic amines) is 1. The highest BCUT2D eigenvalue weighted by Gasteiger charge is 2.41. The van der Waals surface area contributed by atoms with Gasteiger partial charge in [-0.1, -0.05) is 66.7 Å². The van der Waals surface area contributed by atoms with E-state index in [0.717, 1.165) is 47.0 Å². The highest BCUT2D eigenvalue weighted by Crippen LogP contribution is 2.40. The number of aliphatic imine (C=N–C) groups is 1. The maximum Gasteiger partial charge on any atom is 0.282 e. The van der Waals surface area contributed by atoms with Crippen LogP contribution in [0.25, 0.3) is 21.2 Å². The van der Waals surface area contributed by atoms with Crippen LogP contribution in [-0.2, 0) is 9.53 Å². The summed E-state index contributed by atoms with van der Waals surface area (Å²) >= 11 is 6.68. The molecule has 3 heterocycles. The minimum atomic E-state index is -1.05. The summed E-state index contributed by atoms with van der Waals surface area (Å²) in [6.07, 6.45) is 8.32. The Morgan fingerprint density at radius 1 is 1.24 bits per heavy atom. The minimum absolute atomic E-state index is 0.00593. The van der Waals surface area contributed by atoms with Crippen LogP contribution in [0.4, 0.5) is 4.39 Å². The SMILES string of the molecule is [C-]#[N+]C[C@H]1CN(C2=C(C#N)C(OC[C@@H]3CCCN3C)=NC3C=C(c4cccc5cccc(Cl)c45)C=CC23)CCN1C(=O)C(=C)F. The zero-order valence-electron chi connectivity index (χ0n) is 25.1. The number of nitrogens with zero attached hydrogens (tertiary/aromatic N) is 6. The van der Waals surface area contributed by atoms with Gasteiger partial charge < -0.3 is 24.3 Å². The second-order valence-electron chi connectivity index (χ2n) is 11.9. The summed E-state index contributed by atoms with van der Waals surface area (Å²) in [4.78, 5) is 26.8. The molecule has 45 heavy (non-hydrogen) atoms. The van der Waals surface area contributed by atoms with Crippen LogP contribution < -0.4 is 0 Å². The van der Waals surface area contributed by atoms with E-state index in [4.69, 9.17) is 27.9 Å². The molecule has 4 atom stereocenters. The molecule has 1 amide bonds. The third-order valence-corrected chi connectivity index (χ3v) is 9.55. The lowest BCUT2D eigenvalue weighted by atomic mass is 9.82. The van der Waals surface area contributed by atoms with Crippen LogP contribution in [0.5, 0.6) is 0 Å². The summed E-state index contributed by atoms with van der Waals surface area (Å²) in [5.74, 6) is -1.82. The maximum atomic E-state index is 13.9. The van der Waals surface area contributed by atoms with Gasteiger partial charge in [0, 0.05) is 47.7 Å². The molecule has 2 aromatic rings. The van der Waals surface area contributed by atoms with Gasteiger partial charge in [0.1, 0.15) is 24.3 Å². The van der Waals surface area contributed by atoms with Crippen molar-refractivity contribution in [1.29, 1.82) is 5.26 Å². The fourth-order valence-corrected chi connectivity index (χ4v) is 7.22. The smallest absolute Gasteiger partial charge is 0.282 e. The van der Waals surface area contributed by atoms with Gasteiger partial charge >= 0.3 is 0 Å². The zero-order valence-corrected chi connectivity index (χ0v) is 25.9. The average molecular weight is 625 g/mol. The number of benzene rings is 2. The Hall–Kier alpha value is -4.44. The number of hydrogen-bond donors (Lipinski definition) is 0. The van der Waals surface area contributed by atoms with Crippen LogP contribution >= 0.6 is 11.6 Å². The molecule has 6 rings (SSSR count). The number of likely N-dealkylation sites (N-methyl/N-ethyl adjacent to an activating group) is 1. The van der Waals surface area contributed by atoms with E-state index in [0.29, 0.717) is 29.6 Å². The van der Waals surface area contributed by atoms with Crippen LogP contribution in [0.2, 0.25) is 5.02 Å². The van der Waals surface area contributed by atoms with E-state index in [2.05, 4.69) is 46.5 Å². The van der Waals surface area contributed by atoms with Gasteiger partial charge in [-0.2, -0.15) is 5.26 Å². The summed E-state index contributed by atoms with van der Waals surface area (Å²) in [5.41, 5.74) is 3.06. The first-order chi connectivity index (χ1) is 21.8. The van der Waals surface area contributed by atoms with E-state index in [1.54, 1.807) is 0 Å². The number of carbonyl (C=O) groups excluding carboxylic acids is 1. The van der Waals surface area contributed by atoms with Crippen LogP contribution in [0.3, 0.4) is 0 Å². The second-order valence-corrected chi connectivity index (χ2v) is 12.3. The number of hydrogen-bond acceptors (Lipinski definition) is 6. The molecule has 0 N–H and O–H groups in total. The Bertz CT molecular complexity index is 1740. The molecule has 4 aliphatic rings. The summed E-state index contributed by atoms with van der Waals surface area (Å²) in [6.45, 7) is 12.9. The first-order valence-corrected chi connectivity index (χ1v) is 15.5. The van der Waals surface area contributed by atoms with Gasteiger partial charge in [0.2, 0.25) is 12.4 Å². The number of allylic oxidation sites excluding steroid dienone is 2. The van der Waals surface area contributed by atoms with Gasteiger partial charge in [0.25, 0.3) is 5.91 Å². The minimum Gasteiger partial charge on any atom is -0.475 e. The van der Waals surface area contributed by atoms with Crippen molar-refractivity contribution in [3.63, 3.8) is 0 Å². The van der Waals surface area contributed by atoms with Gasteiger partial charge in [-0.05, 0) is 49.0 Å². The Morgan fingerprint density at radius 2 is 2.04 bits per heavy atom. The molecular formula is C35H34ClFN6O2. The third-order valence-electron chi connectivity index (χ3n) is 9.23. The van der Waals surface area contributed by atoms with Crippen molar-refractivity contribution in [3.8, 4) is 6.07 Å². The number of fused-ring (bicyclic) bond motifs is 2. The predicted molar refractivity (Wildman–Crippen MR) is 174 cm³/mol. The molecule has 3 aliphatic heterocycles. The van der Waals surface area contributed by atoms with E-state index in [9.17, 15) is 14.4 Å². The number of piperazine rings is 1. The molecule has 2 fully saturated rings. The Morgan fingerprint density at radius 3 is 2.76 bits per heavy atom. The summed E-state index contributed by atoms with van der Waals surface area (Å²) in [7, 11) is 2.08. The van der Waals surface area contributed by atoms with E-state index >= 15 is 0 Å². The van der Waals surface area contributed by atoms with Crippen LogP contribution in [0.1, 0.15) is 18.4 Å². The molecule has 0 aromatic heterocycles. The molecule has 2 aromatic carbocycles. The molecule has 1 aliphatic carbocycles. The lowest BCUT2D eigenvalue weighted by Crippen LogP contribution is -2.57. The Kier molecular flexibility index (Phi) is 8.76. The third kappa shape index (κ3) is 5.86. The van der Waals surface area contributed by atoms with Crippen molar-refractivity contribution in [2.24, 2.45) is 10.9 Å². The van der Waals surface area contributed by atoms with E-state index < -0.39 is 17.8 Å². The quantitative estimate of drug-likeness (QED) is 0.307. The van der Waals surface area contributed by atoms with Crippen LogP contribution in [0, 0.1) is 23.8 Å². The topological polar surface area (TPSA) is 76.5 Å². The number of nitriles is 1. The van der Waals surface area contributed by atoms with Gasteiger partial charge in [-0.15, -0.1) is 0 Å². The first-order valence-electron chi connectivity index (χ1n) is 15.2. The van der Waals surface area contributed by atoms with E-state index in [1.165, 1.54) is 4.90 Å². The molecule has 0 saturated carbocycles. The normalized spacial score (nSPS) is 24.9. The lowest BCUT2D eigenvalue weighted by Gasteiger charge is -2.44. The molecule has 8 nitrogen and oxygen atoms in total. The number of amides is 1. The van der Waals surface area contributed by atoms with Crippen molar-refractivity contribution in [3.05, 3.63) is 100 Å². The highest BCUT2D eigenvalue weighted by molar-refractivity contribution is 6.36. The van der Waals surface area contributed by atoms with E-state index in [-0.39, 0.29) is 37.6 Å². The molecule has 2 unspecified atom stereocenters. The lowest BCUT2D eigenvalue weighted by molar-refractivity contribution is -0.132. The molecule has 230 valence electrons. The number of carbonyl (C=O) groups is 1. The molecule has 0 spiro atoms. The van der Waals surface area contributed by atoms with Gasteiger partial charge in [0.05, 0.1) is 6.04 Å². The molecular weight excluding hydrogens is 591 g/mol. The largest absolute Gasteiger partial charge is 0.475 e. The zero-order chi connectivity index (χ0) is 31.7. The second kappa shape index (κ2) is 12.9. The van der Waals surface area contributed by atoms with Crippen LogP contribution in [-0.4, -0.2) is 91.0 Å². The first kappa shape index (κ1) is 30.6. The standard InChI is InChI=1S/C35H34ClFN6O2/c1-22(37)35(44)43-16-15-42(20-26(43)19-39-2)33-28-13-12-24(27-10-4-7-23-8-5-11-30(36)32(23)27)17-31(28)40-34(29(33)18-38)45-21-25-9-6-14-41(25)3/h4-5,7-8,10-13,17,25-26,28,31H,1,6,9,14-16,19-21H2,3H3/t25-,26-,28?,31?/m0/s1. The Balaban J connectivity index is 1.39. The number of halogens is 2. The van der Waals surface area contributed by atoms with Crippen LogP contribution in [0.15, 0.2) is 83.3 Å². The summed E-state index contributed by atoms with van der Waals surface area (Å²) in [6, 6.07) is 13.6. The number of rotatable bonds is 6. The number of dihydropyridines is 1. The Labute approximate surface area is 267 Å². The highest BCUT2D eigenvalue weighted by atomic mass is 35.5. The van der Waals surface area contributed by atoms with E-state index in [1.807, 2.05) is 42.5 Å². The van der Waals surface area contributed by atoms with Gasteiger partial charge in [-0.25, -0.2) is 16.0 Å². The monoisotopic (exact) mass is 624 g/mol. The fraction of sp³-hybridized carbons (Fsp3) is 0.371. The predicted octanol–water partition coefficient (Wildman–Crippen LogP) is 5.65. The fourth-order valence-electron chi connectivity index (χ4n) is 6.93. The van der Waals surface area contributed by atoms with Crippen molar-refractivity contribution < 1.29 is 13.9 Å². The number of ether oxygens (including phenoxy) is 1. The summed E-state index contributed by atoms with van der Waals surface area (Å²) in [5, 5.41) is 13.2.